The van der Waals surface area contributed by atoms with E-state index >= 15 is 0 Å². The van der Waals surface area contributed by atoms with Gasteiger partial charge in [-0.15, -0.1) is 0 Å². The number of amides is 1. The van der Waals surface area contributed by atoms with Crippen LogP contribution in [0, 0.1) is 0 Å². The molecule has 8 nitrogen and oxygen atoms in total. The summed E-state index contributed by atoms with van der Waals surface area (Å²) >= 11 is 0. The van der Waals surface area contributed by atoms with Crippen LogP contribution in [0.15, 0.2) is 30.9 Å². The Labute approximate surface area is 139 Å². The number of carbonyl (C=O) groups excluding carboxylic acids is 2. The molecule has 0 saturated heterocycles. The van der Waals surface area contributed by atoms with Crippen molar-refractivity contribution in [2.75, 3.05) is 20.8 Å². The van der Waals surface area contributed by atoms with Gasteiger partial charge in [-0.3, -0.25) is 9.59 Å². The normalized spacial score (nSPS) is 11.1. The maximum atomic E-state index is 12.2. The van der Waals surface area contributed by atoms with Gasteiger partial charge in [0.2, 0.25) is 0 Å². The maximum absolute atomic E-state index is 12.2. The monoisotopic (exact) mass is 337 g/mol. The summed E-state index contributed by atoms with van der Waals surface area (Å²) in [6, 6.07) is 2.96. The highest BCUT2D eigenvalue weighted by Gasteiger charge is 2.25. The van der Waals surface area contributed by atoms with Crippen molar-refractivity contribution in [1.82, 2.24) is 5.32 Å². The van der Waals surface area contributed by atoms with E-state index < -0.39 is 30.3 Å². The molecule has 0 bridgehead atoms. The van der Waals surface area contributed by atoms with Crippen LogP contribution in [0.25, 0.3) is 0 Å². The molecule has 1 atom stereocenters. The topological polar surface area (TPSA) is 111 Å². The van der Waals surface area contributed by atoms with Gasteiger partial charge in [-0.05, 0) is 18.2 Å². The second-order valence-corrected chi connectivity index (χ2v) is 4.61. The van der Waals surface area contributed by atoms with Crippen molar-refractivity contribution < 1.29 is 33.7 Å². The lowest BCUT2D eigenvalue weighted by Gasteiger charge is -2.15. The first-order valence-electron chi connectivity index (χ1n) is 6.95. The van der Waals surface area contributed by atoms with Gasteiger partial charge in [0.25, 0.3) is 5.91 Å². The number of methoxy groups -OCH3 is 2. The second kappa shape index (κ2) is 9.19. The number of benzene rings is 1. The third kappa shape index (κ3) is 5.31. The predicted molar refractivity (Wildman–Crippen MR) is 84.2 cm³/mol. The van der Waals surface area contributed by atoms with Gasteiger partial charge in [0.15, 0.2) is 11.5 Å². The molecule has 130 valence electrons. The number of hydrogen-bond acceptors (Lipinski definition) is 6. The highest BCUT2D eigenvalue weighted by atomic mass is 16.5. The summed E-state index contributed by atoms with van der Waals surface area (Å²) in [6.07, 6.45) is 0.859. The molecule has 1 aromatic rings. The van der Waals surface area contributed by atoms with Gasteiger partial charge in [0.1, 0.15) is 12.6 Å². The first-order valence-corrected chi connectivity index (χ1v) is 6.95. The number of carboxylic acids is 1. The zero-order chi connectivity index (χ0) is 18.1. The number of aliphatic carboxylic acids is 1. The Morgan fingerprint density at radius 2 is 1.92 bits per heavy atom. The molecule has 0 aliphatic carbocycles. The molecule has 1 rings (SSSR count). The zero-order valence-electron chi connectivity index (χ0n) is 13.4. The summed E-state index contributed by atoms with van der Waals surface area (Å²) in [4.78, 5) is 34.9. The number of nitrogens with one attached hydrogen (secondary N) is 1. The standard InChI is InChI=1S/C16H19NO7/c1-4-7-24-14(18)9-11(16(20)21)17-15(19)10-5-6-12(22-2)13(8-10)23-3/h4-6,8,11H,1,7,9H2,2-3H3,(H,17,19)(H,20,21)/t11-/m0/s1. The third-order valence-electron chi connectivity index (χ3n) is 2.98. The van der Waals surface area contributed by atoms with Gasteiger partial charge in [-0.2, -0.15) is 0 Å². The van der Waals surface area contributed by atoms with Crippen molar-refractivity contribution in [2.45, 2.75) is 12.5 Å². The average molecular weight is 337 g/mol. The number of carbonyl (C=O) groups is 3. The van der Waals surface area contributed by atoms with E-state index in [2.05, 4.69) is 11.9 Å². The van der Waals surface area contributed by atoms with Crippen molar-refractivity contribution in [1.29, 1.82) is 0 Å². The largest absolute Gasteiger partial charge is 0.493 e. The predicted octanol–water partition coefficient (Wildman–Crippen LogP) is 1.01. The third-order valence-corrected chi connectivity index (χ3v) is 2.98. The van der Waals surface area contributed by atoms with E-state index in [0.717, 1.165) is 0 Å². The molecule has 1 aromatic carbocycles. The summed E-state index contributed by atoms with van der Waals surface area (Å²) in [5, 5.41) is 11.4. The minimum absolute atomic E-state index is 0.0329. The van der Waals surface area contributed by atoms with E-state index in [0.29, 0.717) is 11.5 Å². The molecule has 0 radical (unpaired) electrons. The van der Waals surface area contributed by atoms with E-state index in [-0.39, 0.29) is 12.2 Å². The number of ether oxygens (including phenoxy) is 3. The van der Waals surface area contributed by atoms with Crippen LogP contribution in [0.2, 0.25) is 0 Å². The number of hydrogen-bond donors (Lipinski definition) is 2. The number of rotatable bonds is 9. The van der Waals surface area contributed by atoms with E-state index in [1.165, 1.54) is 38.5 Å². The minimum atomic E-state index is -1.41. The van der Waals surface area contributed by atoms with Crippen molar-refractivity contribution in [3.05, 3.63) is 36.4 Å². The van der Waals surface area contributed by atoms with Crippen molar-refractivity contribution in [2.24, 2.45) is 0 Å². The molecular formula is C16H19NO7. The van der Waals surface area contributed by atoms with Crippen LogP contribution < -0.4 is 14.8 Å². The van der Waals surface area contributed by atoms with Crippen LogP contribution in [0.4, 0.5) is 0 Å². The lowest BCUT2D eigenvalue weighted by Crippen LogP contribution is -2.42. The smallest absolute Gasteiger partial charge is 0.326 e. The number of carboxylic acid groups (broad SMARTS) is 1. The molecule has 0 unspecified atom stereocenters. The van der Waals surface area contributed by atoms with Crippen molar-refractivity contribution >= 4 is 17.8 Å². The van der Waals surface area contributed by atoms with Crippen LogP contribution in [0.3, 0.4) is 0 Å². The Kier molecular flexibility index (Phi) is 7.28. The van der Waals surface area contributed by atoms with Crippen LogP contribution in [-0.2, 0) is 14.3 Å². The van der Waals surface area contributed by atoms with E-state index in [1.54, 1.807) is 0 Å². The Bertz CT molecular complexity index is 627. The zero-order valence-corrected chi connectivity index (χ0v) is 13.4. The summed E-state index contributed by atoms with van der Waals surface area (Å²) in [5.74, 6) is -2.02. The summed E-state index contributed by atoms with van der Waals surface area (Å²) in [7, 11) is 2.86. The fourth-order valence-corrected chi connectivity index (χ4v) is 1.80. The molecule has 0 aromatic heterocycles. The first kappa shape index (κ1) is 19.0. The van der Waals surface area contributed by atoms with Gasteiger partial charge in [0.05, 0.1) is 20.6 Å². The first-order chi connectivity index (χ1) is 11.4. The maximum Gasteiger partial charge on any atom is 0.326 e. The molecule has 0 heterocycles. The van der Waals surface area contributed by atoms with E-state index in [4.69, 9.17) is 19.3 Å². The fraction of sp³-hybridized carbons (Fsp3) is 0.312. The minimum Gasteiger partial charge on any atom is -0.493 e. The van der Waals surface area contributed by atoms with Crippen LogP contribution in [0.1, 0.15) is 16.8 Å². The van der Waals surface area contributed by atoms with Gasteiger partial charge < -0.3 is 24.6 Å². The summed E-state index contributed by atoms with van der Waals surface area (Å²) in [5.41, 5.74) is 0.165. The molecule has 0 spiro atoms. The molecule has 0 aliphatic rings. The molecule has 2 N–H and O–H groups in total. The van der Waals surface area contributed by atoms with Crippen LogP contribution in [0.5, 0.6) is 11.5 Å². The molecular weight excluding hydrogens is 318 g/mol. The quantitative estimate of drug-likeness (QED) is 0.511. The summed E-state index contributed by atoms with van der Waals surface area (Å²) in [6.45, 7) is 3.35. The van der Waals surface area contributed by atoms with Crippen molar-refractivity contribution in [3.8, 4) is 11.5 Å². The van der Waals surface area contributed by atoms with E-state index in [9.17, 15) is 14.4 Å². The lowest BCUT2D eigenvalue weighted by atomic mass is 10.1. The second-order valence-electron chi connectivity index (χ2n) is 4.61. The Balaban J connectivity index is 2.83. The highest BCUT2D eigenvalue weighted by molar-refractivity contribution is 5.98. The van der Waals surface area contributed by atoms with E-state index in [1.807, 2.05) is 0 Å². The molecule has 1 amide bonds. The fourth-order valence-electron chi connectivity index (χ4n) is 1.80. The van der Waals surface area contributed by atoms with Gasteiger partial charge >= 0.3 is 11.9 Å². The average Bonchev–Trinajstić information content (AvgIpc) is 2.58. The molecule has 8 heteroatoms. The highest BCUT2D eigenvalue weighted by Crippen LogP contribution is 2.27. The van der Waals surface area contributed by atoms with Gasteiger partial charge in [0, 0.05) is 5.56 Å². The Hall–Kier alpha value is -3.03. The van der Waals surface area contributed by atoms with Crippen molar-refractivity contribution in [3.63, 3.8) is 0 Å². The molecule has 24 heavy (non-hydrogen) atoms. The number of esters is 1. The Morgan fingerprint density at radius 3 is 2.46 bits per heavy atom. The Morgan fingerprint density at radius 1 is 1.25 bits per heavy atom. The van der Waals surface area contributed by atoms with Gasteiger partial charge in [-0.1, -0.05) is 12.7 Å². The van der Waals surface area contributed by atoms with Gasteiger partial charge in [-0.25, -0.2) is 4.79 Å². The molecule has 0 saturated carbocycles. The van der Waals surface area contributed by atoms with Crippen LogP contribution in [-0.4, -0.2) is 49.8 Å². The van der Waals surface area contributed by atoms with Crippen LogP contribution >= 0.6 is 0 Å². The lowest BCUT2D eigenvalue weighted by molar-refractivity contribution is -0.148. The molecule has 0 fully saturated rings. The summed E-state index contributed by atoms with van der Waals surface area (Å²) < 4.78 is 14.9. The SMILES string of the molecule is C=CCOC(=O)C[C@H](NC(=O)c1ccc(OC)c(OC)c1)C(=O)O. The molecule has 0 aliphatic heterocycles.